The topological polar surface area (TPSA) is 38.0 Å². The molecule has 0 radical (unpaired) electrons. The van der Waals surface area contributed by atoms with Crippen LogP contribution in [0.4, 0.5) is 0 Å². The molecule has 100 valence electrons. The first-order valence-corrected chi connectivity index (χ1v) is 8.05. The van der Waals surface area contributed by atoms with E-state index in [0.29, 0.717) is 0 Å². The van der Waals surface area contributed by atoms with Gasteiger partial charge in [-0.05, 0) is 30.4 Å². The van der Waals surface area contributed by atoms with Gasteiger partial charge >= 0.3 is 0 Å². The molecular weight excluding hydrogens is 240 g/mol. The fourth-order valence-corrected chi connectivity index (χ4v) is 3.98. The maximum atomic E-state index is 5.72. The summed E-state index contributed by atoms with van der Waals surface area (Å²) in [7, 11) is 0. The monoisotopic (exact) mass is 264 g/mol. The Morgan fingerprint density at radius 1 is 1.39 bits per heavy atom. The van der Waals surface area contributed by atoms with Crippen LogP contribution in [-0.2, 0) is 6.42 Å². The first kappa shape index (κ1) is 13.9. The van der Waals surface area contributed by atoms with Crippen LogP contribution in [0.25, 0.3) is 0 Å². The number of nitrogens with one attached hydrogen (secondary N) is 1. The van der Waals surface area contributed by atoms with Crippen LogP contribution in [0.15, 0.2) is 24.3 Å². The molecule has 0 saturated heterocycles. The summed E-state index contributed by atoms with van der Waals surface area (Å²) < 4.78 is 0. The molecule has 2 nitrogen and oxygen atoms in total. The maximum absolute atomic E-state index is 5.72. The molecule has 0 aromatic heterocycles. The van der Waals surface area contributed by atoms with E-state index in [4.69, 9.17) is 5.84 Å². The van der Waals surface area contributed by atoms with Crippen molar-refractivity contribution in [3.05, 3.63) is 35.4 Å². The number of hydrogen-bond donors (Lipinski definition) is 2. The molecule has 1 unspecified atom stereocenters. The van der Waals surface area contributed by atoms with Gasteiger partial charge in [0.05, 0.1) is 6.04 Å². The number of hydrazine groups is 1. The lowest BCUT2D eigenvalue weighted by Crippen LogP contribution is -2.30. The van der Waals surface area contributed by atoms with Gasteiger partial charge in [-0.15, -0.1) is 0 Å². The van der Waals surface area contributed by atoms with Gasteiger partial charge < -0.3 is 0 Å². The van der Waals surface area contributed by atoms with E-state index in [0.717, 1.165) is 17.4 Å². The van der Waals surface area contributed by atoms with Crippen molar-refractivity contribution in [1.82, 2.24) is 5.43 Å². The lowest BCUT2D eigenvalue weighted by atomic mass is 10.0. The van der Waals surface area contributed by atoms with E-state index in [1.165, 1.54) is 36.8 Å². The van der Waals surface area contributed by atoms with Gasteiger partial charge in [0.2, 0.25) is 0 Å². The summed E-state index contributed by atoms with van der Waals surface area (Å²) in [6.45, 7) is 2.19. The Morgan fingerprint density at radius 3 is 2.83 bits per heavy atom. The van der Waals surface area contributed by atoms with Gasteiger partial charge in [0, 0.05) is 11.0 Å². The Kier molecular flexibility index (Phi) is 5.54. The lowest BCUT2D eigenvalue weighted by molar-refractivity contribution is 0.609. The van der Waals surface area contributed by atoms with Crippen molar-refractivity contribution >= 4 is 11.8 Å². The highest BCUT2D eigenvalue weighted by atomic mass is 32.2. The van der Waals surface area contributed by atoms with Crippen LogP contribution >= 0.6 is 11.8 Å². The highest BCUT2D eigenvalue weighted by Gasteiger charge is 2.18. The molecule has 3 heteroatoms. The van der Waals surface area contributed by atoms with Crippen molar-refractivity contribution < 1.29 is 0 Å². The molecule has 0 amide bonds. The number of thioether (sulfide) groups is 1. The van der Waals surface area contributed by atoms with E-state index in [1.807, 2.05) is 0 Å². The summed E-state index contributed by atoms with van der Waals surface area (Å²) in [6.07, 6.45) is 6.67. The molecule has 1 aromatic rings. The zero-order chi connectivity index (χ0) is 12.8. The molecule has 18 heavy (non-hydrogen) atoms. The first-order chi connectivity index (χ1) is 8.83. The minimum Gasteiger partial charge on any atom is -0.271 e. The van der Waals surface area contributed by atoms with Crippen LogP contribution in [0.1, 0.15) is 49.8 Å². The zero-order valence-corrected chi connectivity index (χ0v) is 12.0. The average molecular weight is 264 g/mol. The van der Waals surface area contributed by atoms with E-state index in [2.05, 4.69) is 48.4 Å². The molecule has 0 heterocycles. The third-order valence-electron chi connectivity index (χ3n) is 3.76. The molecule has 1 atom stereocenters. The van der Waals surface area contributed by atoms with Crippen LogP contribution < -0.4 is 11.3 Å². The number of hydrogen-bond acceptors (Lipinski definition) is 3. The predicted molar refractivity (Wildman–Crippen MR) is 80.6 cm³/mol. The van der Waals surface area contributed by atoms with E-state index in [-0.39, 0.29) is 6.04 Å². The summed E-state index contributed by atoms with van der Waals surface area (Å²) >= 11 is 2.08. The average Bonchev–Trinajstić information content (AvgIpc) is 2.93. The number of nitrogens with two attached hydrogens (primary N) is 1. The number of benzene rings is 1. The van der Waals surface area contributed by atoms with Crippen molar-refractivity contribution in [3.8, 4) is 0 Å². The van der Waals surface area contributed by atoms with Crippen LogP contribution in [-0.4, -0.2) is 11.0 Å². The molecule has 3 N–H and O–H groups in total. The van der Waals surface area contributed by atoms with Gasteiger partial charge in [0.25, 0.3) is 0 Å². The fraction of sp³-hybridized carbons (Fsp3) is 0.600. The largest absolute Gasteiger partial charge is 0.271 e. The third kappa shape index (κ3) is 3.74. The first-order valence-electron chi connectivity index (χ1n) is 7.00. The Labute approximate surface area is 115 Å². The summed E-state index contributed by atoms with van der Waals surface area (Å²) in [4.78, 5) is 0. The maximum Gasteiger partial charge on any atom is 0.0550 e. The second-order valence-electron chi connectivity index (χ2n) is 5.06. The Balaban J connectivity index is 1.93. The number of aryl methyl sites for hydroxylation is 1. The van der Waals surface area contributed by atoms with Gasteiger partial charge in [-0.3, -0.25) is 11.3 Å². The molecule has 1 aliphatic rings. The second kappa shape index (κ2) is 7.17. The third-order valence-corrected chi connectivity index (χ3v) is 5.23. The smallest absolute Gasteiger partial charge is 0.0550 e. The van der Waals surface area contributed by atoms with Crippen molar-refractivity contribution in [2.45, 2.75) is 50.3 Å². The molecular formula is C15H24N2S. The van der Waals surface area contributed by atoms with Gasteiger partial charge in [-0.2, -0.15) is 11.8 Å². The molecule has 0 spiro atoms. The van der Waals surface area contributed by atoms with Crippen LogP contribution in [0, 0.1) is 0 Å². The molecule has 1 aliphatic carbocycles. The highest BCUT2D eigenvalue weighted by Crippen LogP contribution is 2.32. The normalized spacial score (nSPS) is 18.1. The van der Waals surface area contributed by atoms with Crippen molar-refractivity contribution in [2.75, 3.05) is 5.75 Å². The van der Waals surface area contributed by atoms with Gasteiger partial charge in [0.1, 0.15) is 0 Å². The Bertz CT molecular complexity index is 361. The van der Waals surface area contributed by atoms with Gasteiger partial charge in [-0.1, -0.05) is 44.0 Å². The molecule has 1 fully saturated rings. The second-order valence-corrected chi connectivity index (χ2v) is 6.39. The molecule has 1 aromatic carbocycles. The van der Waals surface area contributed by atoms with Crippen molar-refractivity contribution in [3.63, 3.8) is 0 Å². The molecule has 2 rings (SSSR count). The summed E-state index contributed by atoms with van der Waals surface area (Å²) in [5.74, 6) is 6.80. The van der Waals surface area contributed by atoms with E-state index >= 15 is 0 Å². The summed E-state index contributed by atoms with van der Waals surface area (Å²) in [6, 6.07) is 9.06. The standard InChI is InChI=1S/C15H24N2S/c1-2-12-6-5-7-13(10-12)15(17-16)11-18-14-8-3-4-9-14/h5-7,10,14-15,17H,2-4,8-9,11,16H2,1H3. The molecule has 0 aliphatic heterocycles. The summed E-state index contributed by atoms with van der Waals surface area (Å²) in [5.41, 5.74) is 5.68. The van der Waals surface area contributed by atoms with Crippen LogP contribution in [0.5, 0.6) is 0 Å². The Hall–Kier alpha value is -0.510. The highest BCUT2D eigenvalue weighted by molar-refractivity contribution is 7.99. The van der Waals surface area contributed by atoms with Crippen molar-refractivity contribution in [2.24, 2.45) is 5.84 Å². The van der Waals surface area contributed by atoms with E-state index in [1.54, 1.807) is 0 Å². The minimum atomic E-state index is 0.280. The van der Waals surface area contributed by atoms with Crippen LogP contribution in [0.2, 0.25) is 0 Å². The Morgan fingerprint density at radius 2 is 2.17 bits per heavy atom. The van der Waals surface area contributed by atoms with Crippen LogP contribution in [0.3, 0.4) is 0 Å². The fourth-order valence-electron chi connectivity index (χ4n) is 2.56. The summed E-state index contributed by atoms with van der Waals surface area (Å²) in [5, 5.41) is 0.857. The van der Waals surface area contributed by atoms with E-state index in [9.17, 15) is 0 Å². The quantitative estimate of drug-likeness (QED) is 0.610. The minimum absolute atomic E-state index is 0.280. The molecule has 0 bridgehead atoms. The van der Waals surface area contributed by atoms with E-state index < -0.39 is 0 Å². The number of rotatable bonds is 6. The SMILES string of the molecule is CCc1cccc(C(CSC2CCCC2)NN)c1. The van der Waals surface area contributed by atoms with Crippen molar-refractivity contribution in [1.29, 1.82) is 0 Å². The van der Waals surface area contributed by atoms with Gasteiger partial charge in [-0.25, -0.2) is 0 Å². The predicted octanol–water partition coefficient (Wildman–Crippen LogP) is 3.43. The molecule has 1 saturated carbocycles. The lowest BCUT2D eigenvalue weighted by Gasteiger charge is -2.19. The zero-order valence-electron chi connectivity index (χ0n) is 11.2. The van der Waals surface area contributed by atoms with Gasteiger partial charge in [0.15, 0.2) is 0 Å².